The summed E-state index contributed by atoms with van der Waals surface area (Å²) in [6, 6.07) is 7.20. The van der Waals surface area contributed by atoms with Crippen LogP contribution in [0.3, 0.4) is 0 Å². The zero-order valence-corrected chi connectivity index (χ0v) is 16.1. The normalized spacial score (nSPS) is 23.5. The first kappa shape index (κ1) is 18.9. The van der Waals surface area contributed by atoms with Gasteiger partial charge in [-0.15, -0.1) is 0 Å². The Morgan fingerprint density at radius 3 is 2.62 bits per heavy atom. The number of halogens is 1. The van der Waals surface area contributed by atoms with Gasteiger partial charge in [-0.25, -0.2) is 0 Å². The number of benzene rings is 1. The molecule has 2 aliphatic rings. The van der Waals surface area contributed by atoms with Gasteiger partial charge in [0, 0.05) is 10.9 Å². The summed E-state index contributed by atoms with van der Waals surface area (Å²) in [7, 11) is 0. The smallest absolute Gasteiger partial charge is 0.306 e. The van der Waals surface area contributed by atoms with Crippen molar-refractivity contribution < 1.29 is 19.1 Å². The molecule has 1 aromatic carbocycles. The summed E-state index contributed by atoms with van der Waals surface area (Å²) >= 11 is 3.33. The molecule has 0 saturated heterocycles. The van der Waals surface area contributed by atoms with Crippen LogP contribution < -0.4 is 10.6 Å². The van der Waals surface area contributed by atoms with Gasteiger partial charge in [-0.3, -0.25) is 14.4 Å². The number of esters is 1. The SMILES string of the molecule is O=C(COC(=O)CC1CC2CCC1C2)NCC(=O)Nc1ccccc1Br. The molecule has 2 fully saturated rings. The molecule has 3 unspecified atom stereocenters. The van der Waals surface area contributed by atoms with Crippen molar-refractivity contribution in [1.29, 1.82) is 0 Å². The van der Waals surface area contributed by atoms with Gasteiger partial charge in [0.05, 0.1) is 12.2 Å². The van der Waals surface area contributed by atoms with Crippen molar-refractivity contribution in [2.75, 3.05) is 18.5 Å². The summed E-state index contributed by atoms with van der Waals surface area (Å²) < 4.78 is 5.81. The van der Waals surface area contributed by atoms with Gasteiger partial charge >= 0.3 is 5.97 Å². The Bertz CT molecular complexity index is 694. The van der Waals surface area contributed by atoms with Gasteiger partial charge in [0.25, 0.3) is 5.91 Å². The first-order chi connectivity index (χ1) is 12.5. The van der Waals surface area contributed by atoms with E-state index in [9.17, 15) is 14.4 Å². The lowest BCUT2D eigenvalue weighted by molar-refractivity contribution is -0.149. The molecule has 0 heterocycles. The molecular formula is C19H23BrN2O4. The first-order valence-corrected chi connectivity index (χ1v) is 9.77. The fourth-order valence-corrected chi connectivity index (χ4v) is 4.42. The van der Waals surface area contributed by atoms with Crippen LogP contribution in [0.5, 0.6) is 0 Å². The van der Waals surface area contributed by atoms with Crippen LogP contribution in [0.2, 0.25) is 0 Å². The van der Waals surface area contributed by atoms with Crippen LogP contribution in [0.4, 0.5) is 5.69 Å². The summed E-state index contributed by atoms with van der Waals surface area (Å²) in [5.74, 6) is 0.702. The van der Waals surface area contributed by atoms with Crippen LogP contribution in [0.25, 0.3) is 0 Å². The van der Waals surface area contributed by atoms with Crippen molar-refractivity contribution in [3.63, 3.8) is 0 Å². The van der Waals surface area contributed by atoms with E-state index in [1.165, 1.54) is 19.3 Å². The highest BCUT2D eigenvalue weighted by Crippen LogP contribution is 2.49. The number of para-hydroxylation sites is 1. The van der Waals surface area contributed by atoms with E-state index in [-0.39, 0.29) is 25.0 Å². The molecule has 0 aliphatic heterocycles. The molecule has 6 nitrogen and oxygen atoms in total. The highest BCUT2D eigenvalue weighted by molar-refractivity contribution is 9.10. The Hall–Kier alpha value is -1.89. The molecule has 140 valence electrons. The quantitative estimate of drug-likeness (QED) is 0.661. The maximum atomic E-state index is 11.9. The third-order valence-corrected chi connectivity index (χ3v) is 5.96. The van der Waals surface area contributed by atoms with Crippen LogP contribution in [0.1, 0.15) is 32.1 Å². The number of hydrogen-bond acceptors (Lipinski definition) is 4. The van der Waals surface area contributed by atoms with E-state index in [1.54, 1.807) is 12.1 Å². The third kappa shape index (κ3) is 5.06. The van der Waals surface area contributed by atoms with E-state index in [2.05, 4.69) is 26.6 Å². The van der Waals surface area contributed by atoms with Crippen LogP contribution >= 0.6 is 15.9 Å². The monoisotopic (exact) mass is 422 g/mol. The lowest BCUT2D eigenvalue weighted by Gasteiger charge is -2.20. The summed E-state index contributed by atoms with van der Waals surface area (Å²) in [6.07, 6.45) is 5.26. The van der Waals surface area contributed by atoms with Crippen molar-refractivity contribution in [3.8, 4) is 0 Å². The molecule has 2 aliphatic carbocycles. The Labute approximate surface area is 161 Å². The Balaban J connectivity index is 1.32. The molecule has 0 spiro atoms. The van der Waals surface area contributed by atoms with E-state index in [4.69, 9.17) is 4.74 Å². The van der Waals surface area contributed by atoms with Gasteiger partial charge in [0.1, 0.15) is 0 Å². The van der Waals surface area contributed by atoms with E-state index in [0.717, 1.165) is 16.8 Å². The van der Waals surface area contributed by atoms with Crippen LogP contribution in [-0.2, 0) is 19.1 Å². The number of anilines is 1. The van der Waals surface area contributed by atoms with Crippen molar-refractivity contribution in [1.82, 2.24) is 5.32 Å². The summed E-state index contributed by atoms with van der Waals surface area (Å²) in [4.78, 5) is 35.5. The molecule has 0 radical (unpaired) electrons. The average molecular weight is 423 g/mol. The number of ether oxygens (including phenoxy) is 1. The lowest BCUT2D eigenvalue weighted by atomic mass is 9.86. The van der Waals surface area contributed by atoms with Crippen LogP contribution in [0, 0.1) is 17.8 Å². The fraction of sp³-hybridized carbons (Fsp3) is 0.526. The Morgan fingerprint density at radius 1 is 1.12 bits per heavy atom. The van der Waals surface area contributed by atoms with E-state index in [1.807, 2.05) is 12.1 Å². The fourth-order valence-electron chi connectivity index (χ4n) is 4.03. The predicted molar refractivity (Wildman–Crippen MR) is 100 cm³/mol. The number of nitrogens with one attached hydrogen (secondary N) is 2. The van der Waals surface area contributed by atoms with Crippen molar-refractivity contribution >= 4 is 39.4 Å². The number of carbonyl (C=O) groups excluding carboxylic acids is 3. The second-order valence-corrected chi connectivity index (χ2v) is 7.96. The van der Waals surface area contributed by atoms with Crippen molar-refractivity contribution in [2.45, 2.75) is 32.1 Å². The van der Waals surface area contributed by atoms with Crippen LogP contribution in [-0.4, -0.2) is 30.9 Å². The number of fused-ring (bicyclic) bond motifs is 2. The van der Waals surface area contributed by atoms with Crippen molar-refractivity contribution in [2.24, 2.45) is 17.8 Å². The summed E-state index contributed by atoms with van der Waals surface area (Å²) in [6.45, 7) is -0.522. The second kappa shape index (κ2) is 8.66. The first-order valence-electron chi connectivity index (χ1n) is 8.98. The maximum absolute atomic E-state index is 11.9. The highest BCUT2D eigenvalue weighted by atomic mass is 79.9. The number of hydrogen-bond donors (Lipinski definition) is 2. The standard InChI is InChI=1S/C19H23BrN2O4/c20-15-3-1-2-4-16(15)22-17(23)10-21-18(24)11-26-19(25)9-14-8-12-5-6-13(14)7-12/h1-4,12-14H,5-11H2,(H,21,24)(H,22,23). The van der Waals surface area contributed by atoms with Gasteiger partial charge < -0.3 is 15.4 Å². The lowest BCUT2D eigenvalue weighted by Crippen LogP contribution is -2.35. The maximum Gasteiger partial charge on any atom is 0.306 e. The van der Waals surface area contributed by atoms with E-state index < -0.39 is 5.91 Å². The molecule has 7 heteroatoms. The predicted octanol–water partition coefficient (Wildman–Crippen LogP) is 2.87. The molecule has 26 heavy (non-hydrogen) atoms. The summed E-state index contributed by atoms with van der Waals surface area (Å²) in [5.41, 5.74) is 0.629. The minimum atomic E-state index is -0.478. The van der Waals surface area contributed by atoms with E-state index in [0.29, 0.717) is 23.9 Å². The number of carbonyl (C=O) groups is 3. The molecule has 2 amide bonds. The average Bonchev–Trinajstić information content (AvgIpc) is 3.23. The molecule has 3 atom stereocenters. The molecular weight excluding hydrogens is 400 g/mol. The Morgan fingerprint density at radius 2 is 1.92 bits per heavy atom. The minimum absolute atomic E-state index is 0.176. The molecule has 2 N–H and O–H groups in total. The topological polar surface area (TPSA) is 84.5 Å². The van der Waals surface area contributed by atoms with Gasteiger partial charge in [0.2, 0.25) is 5.91 Å². The molecule has 2 bridgehead atoms. The largest absolute Gasteiger partial charge is 0.456 e. The Kier molecular flexibility index (Phi) is 6.29. The molecule has 0 aromatic heterocycles. The zero-order valence-electron chi connectivity index (χ0n) is 14.5. The third-order valence-electron chi connectivity index (χ3n) is 5.27. The molecule has 2 saturated carbocycles. The van der Waals surface area contributed by atoms with Crippen LogP contribution in [0.15, 0.2) is 28.7 Å². The highest BCUT2D eigenvalue weighted by Gasteiger charge is 2.40. The number of rotatable bonds is 7. The van der Waals surface area contributed by atoms with Gasteiger partial charge in [-0.1, -0.05) is 18.6 Å². The van der Waals surface area contributed by atoms with Crippen molar-refractivity contribution in [3.05, 3.63) is 28.7 Å². The summed E-state index contributed by atoms with van der Waals surface area (Å²) in [5, 5.41) is 5.14. The second-order valence-electron chi connectivity index (χ2n) is 7.10. The molecule has 1 aromatic rings. The number of amides is 2. The zero-order chi connectivity index (χ0) is 18.5. The minimum Gasteiger partial charge on any atom is -0.456 e. The molecule has 3 rings (SSSR count). The van der Waals surface area contributed by atoms with E-state index >= 15 is 0 Å². The van der Waals surface area contributed by atoms with Gasteiger partial charge in [-0.2, -0.15) is 0 Å². The van der Waals surface area contributed by atoms with Gasteiger partial charge in [-0.05, 0) is 65.1 Å². The van der Waals surface area contributed by atoms with Gasteiger partial charge in [0.15, 0.2) is 6.61 Å².